The van der Waals surface area contributed by atoms with Gasteiger partial charge in [0.25, 0.3) is 0 Å². The van der Waals surface area contributed by atoms with E-state index in [9.17, 15) is 0 Å². The van der Waals surface area contributed by atoms with E-state index in [1.54, 1.807) is 23.4 Å². The summed E-state index contributed by atoms with van der Waals surface area (Å²) in [6, 6.07) is 9.79. The lowest BCUT2D eigenvalue weighted by atomic mass is 10.3. The van der Waals surface area contributed by atoms with Crippen molar-refractivity contribution in [3.05, 3.63) is 49.1 Å². The lowest BCUT2D eigenvalue weighted by Gasteiger charge is -1.91. The predicted molar refractivity (Wildman–Crippen MR) is 52.2 cm³/mol. The van der Waals surface area contributed by atoms with Gasteiger partial charge in [-0.05, 0) is 12.1 Å². The molecule has 64 valence electrons. The van der Waals surface area contributed by atoms with Crippen LogP contribution in [0.4, 0.5) is 5.69 Å². The Hall–Kier alpha value is -1.90. The highest BCUT2D eigenvalue weighted by Gasteiger charge is 1.84. The summed E-state index contributed by atoms with van der Waals surface area (Å²) in [5.74, 6) is 0. The van der Waals surface area contributed by atoms with Gasteiger partial charge in [0.2, 0.25) is 0 Å². The van der Waals surface area contributed by atoms with E-state index in [4.69, 9.17) is 0 Å². The van der Waals surface area contributed by atoms with Gasteiger partial charge in [-0.3, -0.25) is 4.57 Å². The number of benzene rings is 1. The number of hydrogen-bond acceptors (Lipinski definition) is 2. The van der Waals surface area contributed by atoms with Crippen molar-refractivity contribution in [2.75, 3.05) is 0 Å². The summed E-state index contributed by atoms with van der Waals surface area (Å²) >= 11 is 0. The Morgan fingerprint density at radius 1 is 1.23 bits per heavy atom. The van der Waals surface area contributed by atoms with E-state index >= 15 is 0 Å². The molecule has 0 atom stereocenters. The molecule has 0 bridgehead atoms. The van der Waals surface area contributed by atoms with Crippen molar-refractivity contribution in [3.63, 3.8) is 0 Å². The average molecular weight is 171 g/mol. The van der Waals surface area contributed by atoms with E-state index in [1.807, 2.05) is 36.5 Å². The third-order valence-electron chi connectivity index (χ3n) is 1.62. The van der Waals surface area contributed by atoms with E-state index in [1.165, 1.54) is 0 Å². The average Bonchev–Trinajstić information content (AvgIpc) is 2.69. The minimum absolute atomic E-state index is 0.941. The molecule has 1 heterocycles. The van der Waals surface area contributed by atoms with E-state index in [2.05, 4.69) is 9.98 Å². The quantitative estimate of drug-likeness (QED) is 0.502. The molecule has 3 nitrogen and oxygen atoms in total. The molecule has 1 aromatic carbocycles. The molecule has 1 aromatic heterocycles. The fourth-order valence-corrected chi connectivity index (χ4v) is 0.985. The molecule has 0 unspecified atom stereocenters. The third kappa shape index (κ3) is 2.02. The fourth-order valence-electron chi connectivity index (χ4n) is 0.985. The SMILES string of the molecule is C(=Nc1ccccc1)n1ccnc1. The van der Waals surface area contributed by atoms with Crippen LogP contribution in [-0.2, 0) is 0 Å². The van der Waals surface area contributed by atoms with Gasteiger partial charge in [-0.25, -0.2) is 9.98 Å². The number of aromatic nitrogens is 2. The molecule has 0 saturated heterocycles. The minimum atomic E-state index is 0.941. The predicted octanol–water partition coefficient (Wildman–Crippen LogP) is 2.09. The number of imidazole rings is 1. The second-order valence-electron chi connectivity index (χ2n) is 2.59. The number of aliphatic imine (C=N–C) groups is 1. The van der Waals surface area contributed by atoms with Gasteiger partial charge in [0.15, 0.2) is 0 Å². The van der Waals surface area contributed by atoms with Gasteiger partial charge in [0.05, 0.1) is 12.0 Å². The summed E-state index contributed by atoms with van der Waals surface area (Å²) in [4.78, 5) is 8.15. The van der Waals surface area contributed by atoms with Gasteiger partial charge in [-0.2, -0.15) is 0 Å². The monoisotopic (exact) mass is 171 g/mol. The van der Waals surface area contributed by atoms with Crippen LogP contribution in [-0.4, -0.2) is 15.9 Å². The topological polar surface area (TPSA) is 30.2 Å². The molecule has 0 fully saturated rings. The maximum Gasteiger partial charge on any atom is 0.101 e. The highest BCUT2D eigenvalue weighted by molar-refractivity contribution is 5.63. The van der Waals surface area contributed by atoms with Gasteiger partial charge in [0.1, 0.15) is 6.34 Å². The van der Waals surface area contributed by atoms with Crippen LogP contribution in [0.2, 0.25) is 0 Å². The highest BCUT2D eigenvalue weighted by Crippen LogP contribution is 2.08. The number of hydrogen-bond donors (Lipinski definition) is 0. The Labute approximate surface area is 76.4 Å². The third-order valence-corrected chi connectivity index (χ3v) is 1.62. The van der Waals surface area contributed by atoms with Crippen LogP contribution in [0.15, 0.2) is 54.0 Å². The molecule has 2 rings (SSSR count). The molecule has 0 saturated carbocycles. The van der Waals surface area contributed by atoms with Gasteiger partial charge in [-0.15, -0.1) is 0 Å². The van der Waals surface area contributed by atoms with Crippen molar-refractivity contribution in [3.8, 4) is 0 Å². The van der Waals surface area contributed by atoms with Crippen molar-refractivity contribution in [2.24, 2.45) is 4.99 Å². The Balaban J connectivity index is 2.15. The lowest BCUT2D eigenvalue weighted by Crippen LogP contribution is -1.88. The lowest BCUT2D eigenvalue weighted by molar-refractivity contribution is 1.16. The molecule has 0 radical (unpaired) electrons. The van der Waals surface area contributed by atoms with E-state index in [-0.39, 0.29) is 0 Å². The Morgan fingerprint density at radius 2 is 2.08 bits per heavy atom. The van der Waals surface area contributed by atoms with Gasteiger partial charge in [0, 0.05) is 12.4 Å². The molecule has 13 heavy (non-hydrogen) atoms. The smallest absolute Gasteiger partial charge is 0.101 e. The van der Waals surface area contributed by atoms with Crippen LogP contribution in [0, 0.1) is 0 Å². The van der Waals surface area contributed by atoms with Crippen LogP contribution in [0.1, 0.15) is 0 Å². The zero-order chi connectivity index (χ0) is 8.93. The van der Waals surface area contributed by atoms with Crippen LogP contribution in [0.3, 0.4) is 0 Å². The summed E-state index contributed by atoms with van der Waals surface area (Å²) in [7, 11) is 0. The number of nitrogens with zero attached hydrogens (tertiary/aromatic N) is 3. The molecule has 0 amide bonds. The molecule has 0 aliphatic rings. The molecule has 0 aliphatic carbocycles. The zero-order valence-electron chi connectivity index (χ0n) is 7.04. The summed E-state index contributed by atoms with van der Waals surface area (Å²) in [6.07, 6.45) is 6.98. The molecule has 2 aromatic rings. The second kappa shape index (κ2) is 3.67. The summed E-state index contributed by atoms with van der Waals surface area (Å²) < 4.78 is 1.80. The second-order valence-corrected chi connectivity index (χ2v) is 2.59. The number of para-hydroxylation sites is 1. The molecule has 3 heteroatoms. The van der Waals surface area contributed by atoms with Crippen molar-refractivity contribution in [1.29, 1.82) is 0 Å². The van der Waals surface area contributed by atoms with Gasteiger partial charge < -0.3 is 0 Å². The molecule has 0 aliphatic heterocycles. The molecular formula is C10H9N3. The summed E-state index contributed by atoms with van der Waals surface area (Å²) in [5.41, 5.74) is 0.941. The number of rotatable bonds is 2. The largest absolute Gasteiger partial charge is 0.297 e. The van der Waals surface area contributed by atoms with Crippen molar-refractivity contribution < 1.29 is 0 Å². The highest BCUT2D eigenvalue weighted by atomic mass is 15.0. The molecular weight excluding hydrogens is 162 g/mol. The Kier molecular flexibility index (Phi) is 2.18. The fraction of sp³-hybridized carbons (Fsp3) is 0. The van der Waals surface area contributed by atoms with E-state index < -0.39 is 0 Å². The first-order valence-electron chi connectivity index (χ1n) is 4.02. The Morgan fingerprint density at radius 3 is 2.77 bits per heavy atom. The van der Waals surface area contributed by atoms with Crippen molar-refractivity contribution >= 4 is 12.0 Å². The van der Waals surface area contributed by atoms with Crippen LogP contribution in [0.25, 0.3) is 0 Å². The normalized spacial score (nSPS) is 10.8. The first-order chi connectivity index (χ1) is 6.45. The van der Waals surface area contributed by atoms with Crippen LogP contribution >= 0.6 is 0 Å². The van der Waals surface area contributed by atoms with E-state index in [0.29, 0.717) is 0 Å². The van der Waals surface area contributed by atoms with E-state index in [0.717, 1.165) is 5.69 Å². The standard InChI is InChI=1S/C10H9N3/c1-2-4-10(5-3-1)12-9-13-7-6-11-8-13/h1-9H. The van der Waals surface area contributed by atoms with Crippen LogP contribution < -0.4 is 0 Å². The zero-order valence-corrected chi connectivity index (χ0v) is 7.04. The first kappa shape index (κ1) is 7.73. The summed E-state index contributed by atoms with van der Waals surface area (Å²) in [6.45, 7) is 0. The van der Waals surface area contributed by atoms with Crippen molar-refractivity contribution in [2.45, 2.75) is 0 Å². The van der Waals surface area contributed by atoms with Gasteiger partial charge >= 0.3 is 0 Å². The molecule has 0 N–H and O–H groups in total. The van der Waals surface area contributed by atoms with Gasteiger partial charge in [-0.1, -0.05) is 18.2 Å². The minimum Gasteiger partial charge on any atom is -0.297 e. The van der Waals surface area contributed by atoms with Crippen molar-refractivity contribution in [1.82, 2.24) is 9.55 Å². The molecule has 0 spiro atoms. The van der Waals surface area contributed by atoms with Crippen LogP contribution in [0.5, 0.6) is 0 Å². The Bertz CT molecular complexity index is 376. The maximum atomic E-state index is 4.25. The maximum absolute atomic E-state index is 4.25. The first-order valence-corrected chi connectivity index (χ1v) is 4.02. The summed E-state index contributed by atoms with van der Waals surface area (Å²) in [5, 5.41) is 0.